The molecule has 3 rings (SSSR count). The molecule has 3 aromatic rings. The fourth-order valence-electron chi connectivity index (χ4n) is 3.28. The molecule has 148 valence electrons. The predicted molar refractivity (Wildman–Crippen MR) is 112 cm³/mol. The lowest BCUT2D eigenvalue weighted by atomic mass is 9.98. The van der Waals surface area contributed by atoms with E-state index in [0.717, 1.165) is 23.4 Å². The fraction of sp³-hybridized carbons (Fsp3) is 0.350. The third kappa shape index (κ3) is 3.77. The average molecular weight is 382 g/mol. The standard InChI is InChI=1S/C20H26N6O2/c1-5-13-8-12(9-16(27)24-13)14-10-15(26(4)7-6-25(2)3)17(20(21)28)19-18(14)22-11-23-19/h8-11H,5-7H2,1-4H3,(H2,21,28)(H,22,23)(H,24,27). The van der Waals surface area contributed by atoms with Crippen molar-refractivity contribution >= 4 is 22.6 Å². The minimum absolute atomic E-state index is 0.167. The number of likely N-dealkylation sites (N-methyl/N-ethyl adjacent to an activating group) is 2. The van der Waals surface area contributed by atoms with Gasteiger partial charge in [-0.05, 0) is 38.2 Å². The van der Waals surface area contributed by atoms with Crippen LogP contribution in [-0.4, -0.2) is 60.0 Å². The Hall–Kier alpha value is -3.13. The number of pyridine rings is 1. The molecule has 0 bridgehead atoms. The predicted octanol–water partition coefficient (Wildman–Crippen LogP) is 1.58. The van der Waals surface area contributed by atoms with Crippen molar-refractivity contribution in [1.82, 2.24) is 19.9 Å². The first-order chi connectivity index (χ1) is 13.3. The molecule has 8 heteroatoms. The first-order valence-corrected chi connectivity index (χ1v) is 9.21. The smallest absolute Gasteiger partial charge is 0.253 e. The zero-order chi connectivity index (χ0) is 20.4. The summed E-state index contributed by atoms with van der Waals surface area (Å²) in [4.78, 5) is 38.7. The normalized spacial score (nSPS) is 11.3. The molecule has 1 aromatic carbocycles. The number of benzene rings is 1. The van der Waals surface area contributed by atoms with Gasteiger partial charge in [0.2, 0.25) is 5.56 Å². The third-order valence-corrected chi connectivity index (χ3v) is 4.81. The maximum absolute atomic E-state index is 12.3. The Labute approximate surface area is 163 Å². The minimum Gasteiger partial charge on any atom is -0.373 e. The summed E-state index contributed by atoms with van der Waals surface area (Å²) in [6.07, 6.45) is 2.25. The molecule has 0 radical (unpaired) electrons. The number of aromatic nitrogens is 3. The molecule has 2 heterocycles. The number of imidazole rings is 1. The second kappa shape index (κ2) is 7.85. The van der Waals surface area contributed by atoms with Gasteiger partial charge < -0.3 is 25.5 Å². The van der Waals surface area contributed by atoms with Crippen LogP contribution in [0.2, 0.25) is 0 Å². The Balaban J connectivity index is 2.26. The molecule has 4 N–H and O–H groups in total. The third-order valence-electron chi connectivity index (χ3n) is 4.81. The van der Waals surface area contributed by atoms with E-state index in [1.165, 1.54) is 6.33 Å². The van der Waals surface area contributed by atoms with Gasteiger partial charge in [-0.3, -0.25) is 9.59 Å². The topological polar surface area (TPSA) is 111 Å². The zero-order valence-corrected chi connectivity index (χ0v) is 16.7. The Morgan fingerprint density at radius 3 is 2.57 bits per heavy atom. The summed E-state index contributed by atoms with van der Waals surface area (Å²) in [6, 6.07) is 5.39. The number of rotatable bonds is 7. The highest BCUT2D eigenvalue weighted by Crippen LogP contribution is 2.35. The van der Waals surface area contributed by atoms with E-state index < -0.39 is 5.91 Å². The number of fused-ring (bicyclic) bond motifs is 1. The lowest BCUT2D eigenvalue weighted by molar-refractivity contribution is 0.100. The Morgan fingerprint density at radius 1 is 1.18 bits per heavy atom. The van der Waals surface area contributed by atoms with Gasteiger partial charge in [0.15, 0.2) is 0 Å². The quantitative estimate of drug-likeness (QED) is 0.574. The molecule has 0 aliphatic heterocycles. The Kier molecular flexibility index (Phi) is 5.51. The van der Waals surface area contributed by atoms with Crippen molar-refractivity contribution in [2.24, 2.45) is 5.73 Å². The average Bonchev–Trinajstić information content (AvgIpc) is 3.13. The number of aryl methyl sites for hydroxylation is 1. The monoisotopic (exact) mass is 382 g/mol. The maximum atomic E-state index is 12.3. The second-order valence-corrected chi connectivity index (χ2v) is 7.15. The van der Waals surface area contributed by atoms with Crippen LogP contribution in [0.4, 0.5) is 5.69 Å². The molecule has 8 nitrogen and oxygen atoms in total. The fourth-order valence-corrected chi connectivity index (χ4v) is 3.28. The van der Waals surface area contributed by atoms with Crippen LogP contribution in [0.5, 0.6) is 0 Å². The van der Waals surface area contributed by atoms with E-state index in [9.17, 15) is 9.59 Å². The van der Waals surface area contributed by atoms with Gasteiger partial charge in [-0.2, -0.15) is 0 Å². The summed E-state index contributed by atoms with van der Waals surface area (Å²) in [5.74, 6) is -0.521. The van der Waals surface area contributed by atoms with Crippen LogP contribution in [0.25, 0.3) is 22.2 Å². The lowest BCUT2D eigenvalue weighted by Gasteiger charge is -2.24. The van der Waals surface area contributed by atoms with Gasteiger partial charge in [-0.1, -0.05) is 6.92 Å². The minimum atomic E-state index is -0.521. The number of nitrogens with zero attached hydrogens (tertiary/aromatic N) is 3. The van der Waals surface area contributed by atoms with E-state index in [4.69, 9.17) is 5.73 Å². The molecule has 0 saturated heterocycles. The van der Waals surface area contributed by atoms with Crippen molar-refractivity contribution in [3.8, 4) is 11.1 Å². The van der Waals surface area contributed by atoms with Crippen molar-refractivity contribution in [2.75, 3.05) is 39.1 Å². The highest BCUT2D eigenvalue weighted by molar-refractivity contribution is 6.12. The summed E-state index contributed by atoms with van der Waals surface area (Å²) in [5, 5.41) is 0. The number of carbonyl (C=O) groups excluding carboxylic acids is 1. The number of nitrogens with two attached hydrogens (primary N) is 1. The molecular formula is C20H26N6O2. The summed E-state index contributed by atoms with van der Waals surface area (Å²) in [5.41, 5.74) is 10.2. The number of amides is 1. The first kappa shape index (κ1) is 19.6. The zero-order valence-electron chi connectivity index (χ0n) is 16.7. The number of hydrogen-bond donors (Lipinski definition) is 3. The number of carbonyl (C=O) groups is 1. The molecule has 28 heavy (non-hydrogen) atoms. The second-order valence-electron chi connectivity index (χ2n) is 7.15. The van der Waals surface area contributed by atoms with Gasteiger partial charge in [0.25, 0.3) is 5.91 Å². The van der Waals surface area contributed by atoms with E-state index in [0.29, 0.717) is 35.2 Å². The molecule has 1 amide bonds. The van der Waals surface area contributed by atoms with Gasteiger partial charge in [0.05, 0.1) is 28.6 Å². The summed E-state index contributed by atoms with van der Waals surface area (Å²) >= 11 is 0. The highest BCUT2D eigenvalue weighted by atomic mass is 16.1. The summed E-state index contributed by atoms with van der Waals surface area (Å²) in [7, 11) is 5.91. The van der Waals surface area contributed by atoms with E-state index in [-0.39, 0.29) is 5.56 Å². The van der Waals surface area contributed by atoms with Crippen LogP contribution in [-0.2, 0) is 6.42 Å². The van der Waals surface area contributed by atoms with Crippen LogP contribution in [0, 0.1) is 0 Å². The van der Waals surface area contributed by atoms with Crippen molar-refractivity contribution in [2.45, 2.75) is 13.3 Å². The lowest BCUT2D eigenvalue weighted by Crippen LogP contribution is -2.30. The molecule has 0 atom stereocenters. The molecule has 0 aliphatic carbocycles. The number of aromatic amines is 2. The molecule has 0 saturated carbocycles. The van der Waals surface area contributed by atoms with Gasteiger partial charge in [0.1, 0.15) is 0 Å². The van der Waals surface area contributed by atoms with Gasteiger partial charge >= 0.3 is 0 Å². The van der Waals surface area contributed by atoms with Crippen LogP contribution >= 0.6 is 0 Å². The van der Waals surface area contributed by atoms with E-state index in [1.807, 2.05) is 45.1 Å². The molecular weight excluding hydrogens is 356 g/mol. The van der Waals surface area contributed by atoms with Gasteiger partial charge in [-0.15, -0.1) is 0 Å². The Bertz CT molecular complexity index is 1070. The van der Waals surface area contributed by atoms with Crippen LogP contribution in [0.15, 0.2) is 29.3 Å². The molecule has 0 fully saturated rings. The molecule has 2 aromatic heterocycles. The van der Waals surface area contributed by atoms with Crippen molar-refractivity contribution in [1.29, 1.82) is 0 Å². The maximum Gasteiger partial charge on any atom is 0.253 e. The van der Waals surface area contributed by atoms with Gasteiger partial charge in [0, 0.05) is 37.5 Å². The SMILES string of the molecule is CCc1cc(-c2cc(N(C)CCN(C)C)c(C(N)=O)c3[nH]cnc23)cc(=O)[nH]1. The summed E-state index contributed by atoms with van der Waals surface area (Å²) < 4.78 is 0. The number of primary amides is 1. The largest absolute Gasteiger partial charge is 0.373 e. The first-order valence-electron chi connectivity index (χ1n) is 9.21. The van der Waals surface area contributed by atoms with Crippen molar-refractivity contribution < 1.29 is 4.79 Å². The molecule has 0 spiro atoms. The van der Waals surface area contributed by atoms with E-state index in [1.54, 1.807) is 6.07 Å². The van der Waals surface area contributed by atoms with E-state index >= 15 is 0 Å². The molecule has 0 aliphatic rings. The Morgan fingerprint density at radius 2 is 1.93 bits per heavy atom. The van der Waals surface area contributed by atoms with Crippen molar-refractivity contribution in [3.05, 3.63) is 46.1 Å². The summed E-state index contributed by atoms with van der Waals surface area (Å²) in [6.45, 7) is 3.51. The number of nitrogens with one attached hydrogen (secondary N) is 2. The number of anilines is 1. The van der Waals surface area contributed by atoms with Crippen LogP contribution < -0.4 is 16.2 Å². The van der Waals surface area contributed by atoms with Crippen LogP contribution in [0.1, 0.15) is 23.0 Å². The number of hydrogen-bond acceptors (Lipinski definition) is 5. The van der Waals surface area contributed by atoms with E-state index in [2.05, 4.69) is 19.9 Å². The number of H-pyrrole nitrogens is 2. The van der Waals surface area contributed by atoms with Crippen molar-refractivity contribution in [3.63, 3.8) is 0 Å². The molecule has 0 unspecified atom stereocenters. The van der Waals surface area contributed by atoms with Gasteiger partial charge in [-0.25, -0.2) is 4.98 Å². The van der Waals surface area contributed by atoms with Crippen LogP contribution in [0.3, 0.4) is 0 Å². The highest BCUT2D eigenvalue weighted by Gasteiger charge is 2.21.